The second-order valence-corrected chi connectivity index (χ2v) is 14.6. The molecule has 3 N–H and O–H groups in total. The van der Waals surface area contributed by atoms with E-state index in [9.17, 15) is 8.42 Å². The first-order valence-electron chi connectivity index (χ1n) is 14.5. The number of nitrogens with two attached hydrogens (primary N) is 1. The van der Waals surface area contributed by atoms with Crippen molar-refractivity contribution in [1.82, 2.24) is 24.6 Å². The molecule has 10 nitrogen and oxygen atoms in total. The largest absolute Gasteiger partial charge is 0.491 e. The van der Waals surface area contributed by atoms with Gasteiger partial charge in [-0.15, -0.1) is 0 Å². The van der Waals surface area contributed by atoms with Crippen LogP contribution in [-0.4, -0.2) is 67.0 Å². The third-order valence-corrected chi connectivity index (χ3v) is 11.1. The van der Waals surface area contributed by atoms with Crippen molar-refractivity contribution in [1.29, 1.82) is 0 Å². The third kappa shape index (κ3) is 4.83. The quantitative estimate of drug-likeness (QED) is 0.483. The maximum atomic E-state index is 13.7. The van der Waals surface area contributed by atoms with Crippen LogP contribution in [0.3, 0.4) is 0 Å². The van der Waals surface area contributed by atoms with E-state index < -0.39 is 10.0 Å². The van der Waals surface area contributed by atoms with E-state index in [1.807, 2.05) is 12.1 Å². The van der Waals surface area contributed by atoms with E-state index in [0.29, 0.717) is 50.2 Å². The van der Waals surface area contributed by atoms with Gasteiger partial charge in [-0.2, -0.15) is 4.31 Å². The first kappa shape index (κ1) is 26.6. The van der Waals surface area contributed by atoms with Gasteiger partial charge >= 0.3 is 0 Å². The number of nitrogens with zero attached hydrogens (tertiary/aromatic N) is 5. The molecule has 2 fully saturated rings. The monoisotopic (exact) mass is 575 g/mol. The van der Waals surface area contributed by atoms with Gasteiger partial charge in [-0.25, -0.2) is 23.4 Å². The average Bonchev–Trinajstić information content (AvgIpc) is 3.50. The summed E-state index contributed by atoms with van der Waals surface area (Å²) in [7, 11) is -3.76. The van der Waals surface area contributed by atoms with Crippen molar-refractivity contribution in [3.63, 3.8) is 0 Å². The van der Waals surface area contributed by atoms with Crippen molar-refractivity contribution in [2.75, 3.05) is 50.0 Å². The van der Waals surface area contributed by atoms with Crippen LogP contribution in [-0.2, 0) is 29.4 Å². The van der Waals surface area contributed by atoms with Crippen LogP contribution < -0.4 is 20.7 Å². The van der Waals surface area contributed by atoms with E-state index in [4.69, 9.17) is 15.5 Å². The molecule has 2 atom stereocenters. The summed E-state index contributed by atoms with van der Waals surface area (Å²) in [6.45, 7) is 9.25. The van der Waals surface area contributed by atoms with Crippen molar-refractivity contribution in [3.05, 3.63) is 53.6 Å². The molecule has 3 aromatic rings. The summed E-state index contributed by atoms with van der Waals surface area (Å²) >= 11 is 0. The molecule has 3 aliphatic heterocycles. The van der Waals surface area contributed by atoms with Gasteiger partial charge < -0.3 is 20.7 Å². The minimum atomic E-state index is -3.76. The first-order valence-corrected chi connectivity index (χ1v) is 15.9. The Labute approximate surface area is 241 Å². The zero-order valence-corrected chi connectivity index (χ0v) is 24.5. The van der Waals surface area contributed by atoms with Crippen LogP contribution in [0.15, 0.2) is 41.7 Å². The lowest BCUT2D eigenvalue weighted by Crippen LogP contribution is -2.32. The number of pyridine rings is 1. The van der Waals surface area contributed by atoms with Gasteiger partial charge in [-0.1, -0.05) is 19.9 Å². The van der Waals surface area contributed by atoms with E-state index in [1.54, 1.807) is 22.9 Å². The number of hydrogen-bond donors (Lipinski definition) is 2. The van der Waals surface area contributed by atoms with E-state index >= 15 is 0 Å². The molecule has 0 radical (unpaired) electrons. The summed E-state index contributed by atoms with van der Waals surface area (Å²) in [5.74, 6) is 2.54. The fourth-order valence-electron chi connectivity index (χ4n) is 6.85. The molecule has 41 heavy (non-hydrogen) atoms. The number of anilines is 2. The van der Waals surface area contributed by atoms with E-state index in [1.165, 1.54) is 5.56 Å². The summed E-state index contributed by atoms with van der Waals surface area (Å²) in [5.41, 5.74) is 11.3. The topological polar surface area (TPSA) is 127 Å². The van der Waals surface area contributed by atoms with Crippen LogP contribution in [0.25, 0.3) is 11.1 Å². The minimum absolute atomic E-state index is 0.0321. The maximum absolute atomic E-state index is 13.7. The molecular weight excluding hydrogens is 538 g/mol. The summed E-state index contributed by atoms with van der Waals surface area (Å²) < 4.78 is 35.0. The van der Waals surface area contributed by atoms with Gasteiger partial charge in [-0.3, -0.25) is 0 Å². The van der Waals surface area contributed by atoms with Crippen LogP contribution in [0.2, 0.25) is 0 Å². The van der Waals surface area contributed by atoms with Gasteiger partial charge in [0.25, 0.3) is 0 Å². The van der Waals surface area contributed by atoms with Crippen LogP contribution in [0, 0.1) is 17.3 Å². The Morgan fingerprint density at radius 3 is 2.68 bits per heavy atom. The lowest BCUT2D eigenvalue weighted by Gasteiger charge is -2.33. The highest BCUT2D eigenvalue weighted by atomic mass is 32.2. The molecular formula is C30H37N7O3S. The Balaban J connectivity index is 1.19. The normalized spacial score (nSPS) is 23.8. The molecule has 0 spiro atoms. The molecule has 1 aromatic carbocycles. The number of fused-ring (bicyclic) bond motifs is 3. The second kappa shape index (κ2) is 9.92. The molecule has 0 saturated carbocycles. The highest BCUT2D eigenvalue weighted by molar-refractivity contribution is 7.89. The molecule has 0 amide bonds. The van der Waals surface area contributed by atoms with Crippen molar-refractivity contribution in [2.45, 2.75) is 44.6 Å². The van der Waals surface area contributed by atoms with Crippen molar-refractivity contribution in [2.24, 2.45) is 17.3 Å². The van der Waals surface area contributed by atoms with Gasteiger partial charge in [0.05, 0.1) is 6.54 Å². The number of hydrogen-bond acceptors (Lipinski definition) is 9. The zero-order valence-electron chi connectivity index (χ0n) is 23.6. The molecule has 216 valence electrons. The second-order valence-electron chi connectivity index (χ2n) is 12.7. The average molecular weight is 576 g/mol. The SMILES string of the molecule is CC1(C)CCc2ncnc(N3CCOc4ccc(-c5cnc(N)c(S(=O)(=O)N6CC7CNCC7C6)c5)cc4C3)c2C1. The first-order chi connectivity index (χ1) is 19.7. The molecule has 0 bridgehead atoms. The fraction of sp³-hybridized carbons (Fsp3) is 0.500. The predicted molar refractivity (Wildman–Crippen MR) is 157 cm³/mol. The van der Waals surface area contributed by atoms with Crippen molar-refractivity contribution >= 4 is 21.7 Å². The van der Waals surface area contributed by atoms with E-state index in [2.05, 4.69) is 40.1 Å². The summed E-state index contributed by atoms with van der Waals surface area (Å²) in [5, 5.41) is 3.36. The summed E-state index contributed by atoms with van der Waals surface area (Å²) in [6.07, 6.45) is 6.37. The number of rotatable bonds is 4. The lowest BCUT2D eigenvalue weighted by molar-refractivity contribution is 0.310. The zero-order chi connectivity index (χ0) is 28.4. The molecule has 4 aliphatic rings. The molecule has 11 heteroatoms. The Hall–Kier alpha value is -3.28. The number of aryl methyl sites for hydroxylation is 1. The Kier molecular flexibility index (Phi) is 6.44. The van der Waals surface area contributed by atoms with Gasteiger partial charge in [0.15, 0.2) is 0 Å². The van der Waals surface area contributed by atoms with Gasteiger partial charge in [0, 0.05) is 48.2 Å². The summed E-state index contributed by atoms with van der Waals surface area (Å²) in [6, 6.07) is 7.66. The molecule has 1 aliphatic carbocycles. The van der Waals surface area contributed by atoms with E-state index in [-0.39, 0.29) is 16.1 Å². The van der Waals surface area contributed by atoms with E-state index in [0.717, 1.165) is 60.7 Å². The Bertz CT molecular complexity index is 1600. The third-order valence-electron chi connectivity index (χ3n) is 9.23. The fourth-order valence-corrected chi connectivity index (χ4v) is 8.50. The van der Waals surface area contributed by atoms with Crippen LogP contribution >= 0.6 is 0 Å². The molecule has 7 rings (SSSR count). The molecule has 2 saturated heterocycles. The Morgan fingerprint density at radius 2 is 1.88 bits per heavy atom. The molecule has 5 heterocycles. The highest BCUT2D eigenvalue weighted by Gasteiger charge is 2.42. The standard InChI is InChI=1S/C30H37N7O3S/c1-30(2)6-5-25-24(11-30)29(35-18-34-25)36-7-8-40-26-4-3-19(9-21(26)15-36)20-10-27(28(31)33-14-20)41(38,39)37-16-22-12-32-13-23(22)17-37/h3-4,9-10,14,18,22-23,32H,5-8,11-13,15-17H2,1-2H3,(H2,31,33). The smallest absolute Gasteiger partial charge is 0.246 e. The Morgan fingerprint density at radius 1 is 1.07 bits per heavy atom. The maximum Gasteiger partial charge on any atom is 0.246 e. The van der Waals surface area contributed by atoms with Crippen LogP contribution in [0.5, 0.6) is 5.75 Å². The molecule has 2 aromatic heterocycles. The number of sulfonamides is 1. The number of ether oxygens (including phenoxy) is 1. The summed E-state index contributed by atoms with van der Waals surface area (Å²) in [4.78, 5) is 16.0. The van der Waals surface area contributed by atoms with Crippen LogP contribution in [0.4, 0.5) is 11.6 Å². The number of nitrogen functional groups attached to an aromatic ring is 1. The minimum Gasteiger partial charge on any atom is -0.491 e. The van der Waals surface area contributed by atoms with Crippen molar-refractivity contribution in [3.8, 4) is 16.9 Å². The van der Waals surface area contributed by atoms with Crippen LogP contribution in [0.1, 0.15) is 37.1 Å². The van der Waals surface area contributed by atoms with Gasteiger partial charge in [0.2, 0.25) is 10.0 Å². The lowest BCUT2D eigenvalue weighted by atomic mass is 9.76. The number of benzene rings is 1. The molecule has 2 unspecified atom stereocenters. The highest BCUT2D eigenvalue weighted by Crippen LogP contribution is 2.39. The van der Waals surface area contributed by atoms with Gasteiger partial charge in [-0.05, 0) is 73.4 Å². The van der Waals surface area contributed by atoms with Crippen molar-refractivity contribution < 1.29 is 13.2 Å². The number of nitrogens with one attached hydrogen (secondary N) is 1. The van der Waals surface area contributed by atoms with Gasteiger partial charge in [0.1, 0.15) is 35.2 Å². The predicted octanol–water partition coefficient (Wildman–Crippen LogP) is 2.87. The number of aromatic nitrogens is 3.